The number of aryl methyl sites for hydroxylation is 1. The monoisotopic (exact) mass is 609 g/mol. The largest absolute Gasteiger partial charge is 0.381 e. The molecule has 3 unspecified atom stereocenters. The number of rotatable bonds is 13. The van der Waals surface area contributed by atoms with E-state index in [-0.39, 0.29) is 34.7 Å². The lowest BCUT2D eigenvalue weighted by Crippen LogP contribution is -2.56. The van der Waals surface area contributed by atoms with Crippen LogP contribution in [-0.2, 0) is 9.59 Å². The lowest BCUT2D eigenvalue weighted by atomic mass is 9.64. The second-order valence-electron chi connectivity index (χ2n) is 14.6. The Labute approximate surface area is 264 Å². The van der Waals surface area contributed by atoms with Gasteiger partial charge in [-0.2, -0.15) is 0 Å². The van der Waals surface area contributed by atoms with E-state index in [4.69, 9.17) is 5.73 Å². The number of amides is 2. The van der Waals surface area contributed by atoms with Gasteiger partial charge in [-0.1, -0.05) is 79.3 Å². The second-order valence-corrected chi connectivity index (χ2v) is 15.5. The molecule has 1 aliphatic rings. The van der Waals surface area contributed by atoms with Gasteiger partial charge in [0.05, 0.1) is 22.1 Å². The van der Waals surface area contributed by atoms with Crippen LogP contribution in [-0.4, -0.2) is 46.9 Å². The summed E-state index contributed by atoms with van der Waals surface area (Å²) in [7, 11) is 0. The standard InChI is InChI=1S/C35H55N5O2S/c1-23(26-13-15-27(16-14-26)30-25(3)37-22-43-30)38-24(2)28-12-11-21-40(28)32(42)31(33(4,5)6)39-29(41)17-18-34(7,8)35(9,10)19-20-36/h13-16,22-23,28,31,38H,2,11-12,17-21,36H2,1,3-10H3,(H,39,41). The molecule has 0 spiro atoms. The minimum Gasteiger partial charge on any atom is -0.381 e. The predicted molar refractivity (Wildman–Crippen MR) is 180 cm³/mol. The van der Waals surface area contributed by atoms with Crippen molar-refractivity contribution in [3.63, 3.8) is 0 Å². The highest BCUT2D eigenvalue weighted by molar-refractivity contribution is 7.13. The molecule has 1 aromatic heterocycles. The van der Waals surface area contributed by atoms with E-state index in [1.807, 2.05) is 38.1 Å². The van der Waals surface area contributed by atoms with Crippen LogP contribution in [0.25, 0.3) is 10.4 Å². The topological polar surface area (TPSA) is 100 Å². The van der Waals surface area contributed by atoms with E-state index in [9.17, 15) is 9.59 Å². The Balaban J connectivity index is 1.65. The zero-order chi connectivity index (χ0) is 32.2. The van der Waals surface area contributed by atoms with Crippen LogP contribution in [0.15, 0.2) is 42.1 Å². The molecule has 2 aromatic rings. The Hall–Kier alpha value is -2.71. The van der Waals surface area contributed by atoms with Gasteiger partial charge in [-0.3, -0.25) is 9.59 Å². The van der Waals surface area contributed by atoms with Crippen molar-refractivity contribution in [3.05, 3.63) is 53.3 Å². The van der Waals surface area contributed by atoms with E-state index in [0.717, 1.165) is 42.6 Å². The molecular formula is C35H55N5O2S. The number of carbonyl (C=O) groups is 2. The van der Waals surface area contributed by atoms with Crippen molar-refractivity contribution in [2.75, 3.05) is 13.1 Å². The number of hydrogen-bond donors (Lipinski definition) is 3. The Morgan fingerprint density at radius 3 is 2.26 bits per heavy atom. The molecule has 1 fully saturated rings. The summed E-state index contributed by atoms with van der Waals surface area (Å²) in [6.07, 6.45) is 3.76. The Kier molecular flexibility index (Phi) is 11.3. The summed E-state index contributed by atoms with van der Waals surface area (Å²) in [5.41, 5.74) is 11.4. The van der Waals surface area contributed by atoms with Crippen LogP contribution in [0.5, 0.6) is 0 Å². The number of carbonyl (C=O) groups excluding carboxylic acids is 2. The maximum Gasteiger partial charge on any atom is 0.246 e. The lowest BCUT2D eigenvalue weighted by molar-refractivity contribution is -0.140. The van der Waals surface area contributed by atoms with Gasteiger partial charge in [-0.05, 0) is 73.4 Å². The molecule has 4 N–H and O–H groups in total. The van der Waals surface area contributed by atoms with Crippen molar-refractivity contribution in [2.45, 2.75) is 113 Å². The number of nitrogens with two attached hydrogens (primary N) is 1. The highest BCUT2D eigenvalue weighted by Gasteiger charge is 2.41. The summed E-state index contributed by atoms with van der Waals surface area (Å²) in [6.45, 7) is 24.7. The summed E-state index contributed by atoms with van der Waals surface area (Å²) >= 11 is 1.65. The van der Waals surface area contributed by atoms with E-state index >= 15 is 0 Å². The zero-order valence-electron chi connectivity index (χ0n) is 28.0. The molecule has 8 heteroatoms. The number of benzene rings is 1. The van der Waals surface area contributed by atoms with Gasteiger partial charge in [0.2, 0.25) is 11.8 Å². The number of aromatic nitrogens is 1. The number of nitrogens with one attached hydrogen (secondary N) is 2. The molecule has 0 radical (unpaired) electrons. The summed E-state index contributed by atoms with van der Waals surface area (Å²) in [6, 6.07) is 7.85. The highest BCUT2D eigenvalue weighted by atomic mass is 32.1. The van der Waals surface area contributed by atoms with Crippen molar-refractivity contribution in [1.29, 1.82) is 0 Å². The molecular weight excluding hydrogens is 554 g/mol. The lowest BCUT2D eigenvalue weighted by Gasteiger charge is -2.42. The molecule has 3 atom stereocenters. The normalized spacial score (nSPS) is 17.4. The molecule has 1 aliphatic heterocycles. The van der Waals surface area contributed by atoms with Gasteiger partial charge in [0, 0.05) is 24.7 Å². The van der Waals surface area contributed by atoms with E-state index < -0.39 is 11.5 Å². The minimum atomic E-state index is -0.617. The number of hydrogen-bond acceptors (Lipinski definition) is 6. The maximum atomic E-state index is 14.0. The fraction of sp³-hybridized carbons (Fsp3) is 0.629. The molecule has 1 aromatic carbocycles. The fourth-order valence-corrected chi connectivity index (χ4v) is 6.68. The molecule has 7 nitrogen and oxygen atoms in total. The molecule has 3 rings (SSSR count). The van der Waals surface area contributed by atoms with Crippen LogP contribution in [0.3, 0.4) is 0 Å². The fourth-order valence-electron chi connectivity index (χ4n) is 5.86. The van der Waals surface area contributed by atoms with Gasteiger partial charge < -0.3 is 21.3 Å². The first-order valence-corrected chi connectivity index (χ1v) is 16.6. The highest BCUT2D eigenvalue weighted by Crippen LogP contribution is 2.44. The first-order valence-electron chi connectivity index (χ1n) is 15.7. The molecule has 0 saturated carbocycles. The van der Waals surface area contributed by atoms with Crippen LogP contribution >= 0.6 is 11.3 Å². The van der Waals surface area contributed by atoms with Gasteiger partial charge in [-0.25, -0.2) is 4.98 Å². The molecule has 238 valence electrons. The van der Waals surface area contributed by atoms with E-state index in [0.29, 0.717) is 19.5 Å². The quantitative estimate of drug-likeness (QED) is 0.227. The molecule has 2 amide bonds. The van der Waals surface area contributed by atoms with Crippen molar-refractivity contribution in [3.8, 4) is 10.4 Å². The van der Waals surface area contributed by atoms with E-state index in [1.165, 1.54) is 10.4 Å². The van der Waals surface area contributed by atoms with E-state index in [2.05, 4.69) is 81.1 Å². The van der Waals surface area contributed by atoms with Crippen molar-refractivity contribution in [2.24, 2.45) is 22.0 Å². The van der Waals surface area contributed by atoms with Gasteiger partial charge in [-0.15, -0.1) is 11.3 Å². The maximum absolute atomic E-state index is 14.0. The first kappa shape index (κ1) is 34.8. The van der Waals surface area contributed by atoms with Crippen molar-refractivity contribution in [1.82, 2.24) is 20.5 Å². The summed E-state index contributed by atoms with van der Waals surface area (Å²) in [5, 5.41) is 6.70. The van der Waals surface area contributed by atoms with Crippen LogP contribution in [0.1, 0.15) is 105 Å². The zero-order valence-corrected chi connectivity index (χ0v) is 28.8. The predicted octanol–water partition coefficient (Wildman–Crippen LogP) is 6.99. The molecule has 43 heavy (non-hydrogen) atoms. The van der Waals surface area contributed by atoms with Crippen LogP contribution < -0.4 is 16.4 Å². The first-order chi connectivity index (χ1) is 20.0. The second kappa shape index (κ2) is 13.9. The summed E-state index contributed by atoms with van der Waals surface area (Å²) < 4.78 is 0. The van der Waals surface area contributed by atoms with Gasteiger partial charge in [0.15, 0.2) is 0 Å². The average molecular weight is 610 g/mol. The molecule has 0 aliphatic carbocycles. The average Bonchev–Trinajstić information content (AvgIpc) is 3.59. The van der Waals surface area contributed by atoms with Crippen molar-refractivity contribution < 1.29 is 9.59 Å². The smallest absolute Gasteiger partial charge is 0.246 e. The Morgan fingerprint density at radius 1 is 1.07 bits per heavy atom. The molecule has 2 heterocycles. The summed E-state index contributed by atoms with van der Waals surface area (Å²) in [5.74, 6) is -0.117. The van der Waals surface area contributed by atoms with Crippen LogP contribution in [0, 0.1) is 23.2 Å². The van der Waals surface area contributed by atoms with E-state index in [1.54, 1.807) is 11.3 Å². The number of nitrogens with zero attached hydrogens (tertiary/aromatic N) is 2. The Bertz CT molecular complexity index is 1260. The van der Waals surface area contributed by atoms with Crippen LogP contribution in [0.2, 0.25) is 0 Å². The SMILES string of the molecule is C=C(NC(C)c1ccc(-c2scnc2C)cc1)C1CCCN1C(=O)C(NC(=O)CCC(C)(C)C(C)(C)CCN)C(C)(C)C. The van der Waals surface area contributed by atoms with Crippen LogP contribution in [0.4, 0.5) is 0 Å². The third-order valence-electron chi connectivity index (χ3n) is 9.76. The molecule has 0 bridgehead atoms. The minimum absolute atomic E-state index is 0.0111. The third-order valence-corrected chi connectivity index (χ3v) is 10.7. The van der Waals surface area contributed by atoms with Gasteiger partial charge in [0.25, 0.3) is 0 Å². The van der Waals surface area contributed by atoms with Gasteiger partial charge >= 0.3 is 0 Å². The third kappa shape index (κ3) is 8.48. The number of thiazole rings is 1. The number of likely N-dealkylation sites (tertiary alicyclic amines) is 1. The summed E-state index contributed by atoms with van der Waals surface area (Å²) in [4.78, 5) is 34.8. The Morgan fingerprint density at radius 2 is 1.70 bits per heavy atom. The molecule has 1 saturated heterocycles. The van der Waals surface area contributed by atoms with Crippen molar-refractivity contribution >= 4 is 23.2 Å². The van der Waals surface area contributed by atoms with Gasteiger partial charge in [0.1, 0.15) is 6.04 Å².